The van der Waals surface area contributed by atoms with E-state index >= 15 is 0 Å². The second kappa shape index (κ2) is 14.1. The van der Waals surface area contributed by atoms with Gasteiger partial charge in [-0.3, -0.25) is 14.7 Å². The van der Waals surface area contributed by atoms with E-state index in [9.17, 15) is 4.79 Å². The lowest BCUT2D eigenvalue weighted by molar-refractivity contribution is 0.0112. The maximum Gasteiger partial charge on any atom is 0.317 e. The van der Waals surface area contributed by atoms with Crippen molar-refractivity contribution >= 4 is 6.03 Å². The van der Waals surface area contributed by atoms with Crippen LogP contribution in [-0.4, -0.2) is 126 Å². The smallest absolute Gasteiger partial charge is 0.317 e. The minimum Gasteiger partial charge on any atom is -0.336 e. The molecule has 7 nitrogen and oxygen atoms in total. The van der Waals surface area contributed by atoms with Gasteiger partial charge in [-0.2, -0.15) is 0 Å². The molecule has 4 aliphatic heterocycles. The summed E-state index contributed by atoms with van der Waals surface area (Å²) in [5.41, 5.74) is 0.534. The maximum absolute atomic E-state index is 12.4. The molecule has 2 amide bonds. The van der Waals surface area contributed by atoms with Crippen molar-refractivity contribution in [3.05, 3.63) is 0 Å². The van der Waals surface area contributed by atoms with Gasteiger partial charge >= 0.3 is 6.03 Å². The highest BCUT2D eigenvalue weighted by atomic mass is 16.2. The zero-order valence-electron chi connectivity index (χ0n) is 27.4. The van der Waals surface area contributed by atoms with Crippen LogP contribution in [0.25, 0.3) is 0 Å². The van der Waals surface area contributed by atoms with Crippen molar-refractivity contribution in [3.63, 3.8) is 0 Å². The molecule has 4 saturated heterocycles. The predicted octanol–water partition coefficient (Wildman–Crippen LogP) is 4.97. The number of amides is 2. The average molecular weight is 561 g/mol. The third-order valence-electron chi connectivity index (χ3n) is 11.3. The van der Waals surface area contributed by atoms with Gasteiger partial charge in [-0.25, -0.2) is 4.79 Å². The fourth-order valence-electron chi connectivity index (χ4n) is 8.11. The zero-order chi connectivity index (χ0) is 28.9. The van der Waals surface area contributed by atoms with Gasteiger partial charge in [0.25, 0.3) is 0 Å². The van der Waals surface area contributed by atoms with Gasteiger partial charge in [0.15, 0.2) is 0 Å². The number of likely N-dealkylation sites (tertiary alicyclic amines) is 3. The number of piperazine rings is 1. The zero-order valence-corrected chi connectivity index (χ0v) is 27.4. The van der Waals surface area contributed by atoms with E-state index in [2.05, 4.69) is 59.7 Å². The molecule has 0 spiro atoms. The number of urea groups is 1. The van der Waals surface area contributed by atoms with Crippen molar-refractivity contribution in [3.8, 4) is 0 Å². The Kier molecular flexibility index (Phi) is 11.3. The first-order valence-electron chi connectivity index (χ1n) is 16.9. The Morgan fingerprint density at radius 2 is 1.20 bits per heavy atom. The van der Waals surface area contributed by atoms with E-state index in [1.165, 1.54) is 97.1 Å². The lowest BCUT2D eigenvalue weighted by Crippen LogP contribution is -2.58. The highest BCUT2D eigenvalue weighted by Crippen LogP contribution is 2.37. The number of nitrogens with zero attached hydrogens (tertiary/aromatic N) is 5. The second-order valence-electron chi connectivity index (χ2n) is 15.3. The molecule has 40 heavy (non-hydrogen) atoms. The summed E-state index contributed by atoms with van der Waals surface area (Å²) in [7, 11) is 2.30. The van der Waals surface area contributed by atoms with Gasteiger partial charge in [0.2, 0.25) is 0 Å². The number of hydrogen-bond donors (Lipinski definition) is 1. The van der Waals surface area contributed by atoms with Crippen LogP contribution in [-0.2, 0) is 0 Å². The summed E-state index contributed by atoms with van der Waals surface area (Å²) in [4.78, 5) is 25.2. The summed E-state index contributed by atoms with van der Waals surface area (Å²) in [6, 6.07) is 0.981. The number of nitrogens with one attached hydrogen (secondary N) is 1. The summed E-state index contributed by atoms with van der Waals surface area (Å²) in [5.74, 6) is 1.92. The summed E-state index contributed by atoms with van der Waals surface area (Å²) in [6.07, 6.45) is 12.1. The van der Waals surface area contributed by atoms with Crippen LogP contribution in [0.1, 0.15) is 99.3 Å². The molecule has 0 aliphatic carbocycles. The van der Waals surface area contributed by atoms with Gasteiger partial charge < -0.3 is 15.1 Å². The van der Waals surface area contributed by atoms with Crippen LogP contribution in [0.5, 0.6) is 0 Å². The predicted molar refractivity (Wildman–Crippen MR) is 168 cm³/mol. The molecule has 0 saturated carbocycles. The number of carbonyl (C=O) groups excluding carboxylic acids is 1. The highest BCUT2D eigenvalue weighted by Gasteiger charge is 2.38. The Bertz CT molecular complexity index is 776. The Balaban J connectivity index is 1.17. The van der Waals surface area contributed by atoms with Gasteiger partial charge in [-0.1, -0.05) is 0 Å². The topological polar surface area (TPSA) is 45.3 Å². The molecular formula is C33H64N6O. The number of carbonyl (C=O) groups is 1. The summed E-state index contributed by atoms with van der Waals surface area (Å²) >= 11 is 0. The molecule has 1 atom stereocenters. The van der Waals surface area contributed by atoms with E-state index in [1.54, 1.807) is 0 Å². The van der Waals surface area contributed by atoms with Crippen LogP contribution in [0.2, 0.25) is 0 Å². The fourth-order valence-corrected chi connectivity index (χ4v) is 8.11. The Morgan fingerprint density at radius 1 is 0.700 bits per heavy atom. The van der Waals surface area contributed by atoms with Gasteiger partial charge in [0, 0.05) is 62.4 Å². The van der Waals surface area contributed by atoms with Crippen LogP contribution >= 0.6 is 0 Å². The average Bonchev–Trinajstić information content (AvgIpc) is 3.16. The first-order chi connectivity index (χ1) is 18.9. The molecule has 1 N–H and O–H groups in total. The molecule has 0 aromatic heterocycles. The highest BCUT2D eigenvalue weighted by molar-refractivity contribution is 5.74. The Morgan fingerprint density at radius 3 is 1.75 bits per heavy atom. The van der Waals surface area contributed by atoms with E-state index in [0.717, 1.165) is 38.0 Å². The molecule has 7 heteroatoms. The van der Waals surface area contributed by atoms with Crippen molar-refractivity contribution < 1.29 is 4.79 Å². The Labute approximate surface area is 247 Å². The molecule has 0 bridgehead atoms. The van der Waals surface area contributed by atoms with E-state index in [-0.39, 0.29) is 23.2 Å². The van der Waals surface area contributed by atoms with Crippen LogP contribution in [0, 0.1) is 11.8 Å². The van der Waals surface area contributed by atoms with Crippen LogP contribution in [0.4, 0.5) is 4.79 Å². The summed E-state index contributed by atoms with van der Waals surface area (Å²) in [5, 5.41) is 3.05. The van der Waals surface area contributed by atoms with Crippen molar-refractivity contribution in [1.29, 1.82) is 0 Å². The lowest BCUT2D eigenvalue weighted by Gasteiger charge is -2.49. The molecule has 4 fully saturated rings. The molecule has 4 rings (SSSR count). The summed E-state index contributed by atoms with van der Waals surface area (Å²) in [6.45, 7) is 25.4. The van der Waals surface area contributed by atoms with Gasteiger partial charge in [0.05, 0.1) is 0 Å². The minimum atomic E-state index is 0.103. The van der Waals surface area contributed by atoms with E-state index < -0.39 is 0 Å². The van der Waals surface area contributed by atoms with Crippen molar-refractivity contribution in [2.75, 3.05) is 72.5 Å². The number of piperidine rings is 2. The number of rotatable bonds is 8. The third kappa shape index (κ3) is 8.58. The second-order valence-corrected chi connectivity index (χ2v) is 15.3. The molecule has 0 aromatic rings. The fraction of sp³-hybridized carbons (Fsp3) is 0.970. The molecule has 0 aromatic carbocycles. The van der Waals surface area contributed by atoms with Gasteiger partial charge in [-0.15, -0.1) is 0 Å². The normalized spacial score (nSPS) is 26.8. The van der Waals surface area contributed by atoms with Crippen molar-refractivity contribution in [2.45, 2.75) is 122 Å². The van der Waals surface area contributed by atoms with Gasteiger partial charge in [-0.05, 0) is 144 Å². The summed E-state index contributed by atoms with van der Waals surface area (Å²) < 4.78 is 0. The van der Waals surface area contributed by atoms with Crippen molar-refractivity contribution in [2.24, 2.45) is 11.8 Å². The SMILES string of the molecule is CC(C)NC(=O)N1CCN(C2CCN(C(C)(C)CCC(C)(C)N3CCC(C4CCCN(C)CC4)CC3)CC2)CC1. The van der Waals surface area contributed by atoms with E-state index in [1.807, 2.05) is 18.7 Å². The molecule has 4 heterocycles. The standard InChI is InChI=1S/C33H64N6O/c1-27(2)34-31(40)37-25-23-36(24-26-37)30-13-21-39(22-14-30)33(5,6)16-15-32(3,4)38-19-11-29(12-20-38)28-9-8-17-35(7)18-10-28/h27-30H,8-26H2,1-7H3,(H,34,40). The molecular weight excluding hydrogens is 496 g/mol. The van der Waals surface area contributed by atoms with Crippen LogP contribution in [0.3, 0.4) is 0 Å². The van der Waals surface area contributed by atoms with Crippen LogP contribution < -0.4 is 5.32 Å². The monoisotopic (exact) mass is 561 g/mol. The molecule has 1 unspecified atom stereocenters. The maximum atomic E-state index is 12.4. The lowest BCUT2D eigenvalue weighted by atomic mass is 9.78. The molecule has 0 radical (unpaired) electrons. The number of hydrogen-bond acceptors (Lipinski definition) is 5. The van der Waals surface area contributed by atoms with E-state index in [0.29, 0.717) is 6.04 Å². The first-order valence-corrected chi connectivity index (χ1v) is 16.9. The molecule has 232 valence electrons. The van der Waals surface area contributed by atoms with Gasteiger partial charge in [0.1, 0.15) is 0 Å². The van der Waals surface area contributed by atoms with Crippen molar-refractivity contribution in [1.82, 2.24) is 29.8 Å². The Hall–Kier alpha value is -0.890. The first kappa shape index (κ1) is 32.0. The minimum absolute atomic E-state index is 0.103. The quantitative estimate of drug-likeness (QED) is 0.454. The van der Waals surface area contributed by atoms with Crippen LogP contribution in [0.15, 0.2) is 0 Å². The molecule has 4 aliphatic rings. The largest absolute Gasteiger partial charge is 0.336 e. The third-order valence-corrected chi connectivity index (χ3v) is 11.3. The van der Waals surface area contributed by atoms with E-state index in [4.69, 9.17) is 0 Å².